The topological polar surface area (TPSA) is 39.7 Å². The summed E-state index contributed by atoms with van der Waals surface area (Å²) >= 11 is 0. The van der Waals surface area contributed by atoms with Gasteiger partial charge in [-0.1, -0.05) is 12.1 Å². The number of aliphatic imine (C=N–C) groups is 1. The first kappa shape index (κ1) is 24.5. The zero-order chi connectivity index (χ0) is 20.6. The number of nitrogens with one attached hydrogen (secondary N) is 2. The Hall–Kier alpha value is -1.81. The lowest BCUT2D eigenvalue weighted by atomic mass is 10.0. The fourth-order valence-corrected chi connectivity index (χ4v) is 3.52. The maximum Gasteiger partial charge on any atom is 0.191 e. The summed E-state index contributed by atoms with van der Waals surface area (Å²) < 4.78 is 40.0. The Kier molecular flexibility index (Phi) is 9.90. The van der Waals surface area contributed by atoms with Crippen molar-refractivity contribution in [1.82, 2.24) is 15.5 Å². The monoisotopic (exact) mass is 532 g/mol. The van der Waals surface area contributed by atoms with Gasteiger partial charge in [-0.15, -0.1) is 24.0 Å². The highest BCUT2D eigenvalue weighted by molar-refractivity contribution is 14.0. The number of likely N-dealkylation sites (tertiary alicyclic amines) is 1. The van der Waals surface area contributed by atoms with Gasteiger partial charge in [-0.25, -0.2) is 13.2 Å². The van der Waals surface area contributed by atoms with Gasteiger partial charge in [0.15, 0.2) is 5.96 Å². The van der Waals surface area contributed by atoms with Crippen LogP contribution in [0.1, 0.15) is 24.0 Å². The smallest absolute Gasteiger partial charge is 0.191 e. The lowest BCUT2D eigenvalue weighted by molar-refractivity contribution is 0.198. The Labute approximate surface area is 193 Å². The number of guanidine groups is 1. The van der Waals surface area contributed by atoms with Crippen molar-refractivity contribution in [2.45, 2.75) is 31.8 Å². The zero-order valence-corrected chi connectivity index (χ0v) is 19.3. The molecule has 1 aliphatic rings. The summed E-state index contributed by atoms with van der Waals surface area (Å²) in [6.07, 6.45) is 2.32. The number of piperidine rings is 1. The Balaban J connectivity index is 0.00000320. The van der Waals surface area contributed by atoms with Crippen LogP contribution in [0, 0.1) is 17.5 Å². The molecule has 0 aliphatic carbocycles. The van der Waals surface area contributed by atoms with Gasteiger partial charge in [0.1, 0.15) is 17.5 Å². The molecule has 30 heavy (non-hydrogen) atoms. The summed E-state index contributed by atoms with van der Waals surface area (Å²) in [7, 11) is 1.70. The van der Waals surface area contributed by atoms with Gasteiger partial charge in [-0.3, -0.25) is 9.89 Å². The van der Waals surface area contributed by atoms with Crippen molar-refractivity contribution in [3.05, 3.63) is 71.0 Å². The molecule has 0 amide bonds. The van der Waals surface area contributed by atoms with Gasteiger partial charge in [0.25, 0.3) is 0 Å². The maximum absolute atomic E-state index is 13.7. The minimum absolute atomic E-state index is 0. The van der Waals surface area contributed by atoms with Crippen LogP contribution in [-0.4, -0.2) is 43.6 Å². The third-order valence-electron chi connectivity index (χ3n) is 5.17. The summed E-state index contributed by atoms with van der Waals surface area (Å²) in [5.41, 5.74) is 1.46. The molecule has 2 N–H and O–H groups in total. The summed E-state index contributed by atoms with van der Waals surface area (Å²) in [4.78, 5) is 6.58. The van der Waals surface area contributed by atoms with Gasteiger partial charge in [-0.2, -0.15) is 0 Å². The van der Waals surface area contributed by atoms with Crippen LogP contribution in [0.5, 0.6) is 0 Å². The molecule has 0 atom stereocenters. The Morgan fingerprint density at radius 1 is 1.03 bits per heavy atom. The molecule has 164 valence electrons. The minimum Gasteiger partial charge on any atom is -0.356 e. The van der Waals surface area contributed by atoms with E-state index in [2.05, 4.69) is 20.5 Å². The van der Waals surface area contributed by atoms with Gasteiger partial charge in [-0.05, 0) is 60.7 Å². The molecule has 0 spiro atoms. The second kappa shape index (κ2) is 12.1. The van der Waals surface area contributed by atoms with E-state index in [-0.39, 0.29) is 29.8 Å². The molecular weight excluding hydrogens is 504 g/mol. The number of rotatable bonds is 6. The van der Waals surface area contributed by atoms with Crippen molar-refractivity contribution >= 4 is 29.9 Å². The first-order valence-corrected chi connectivity index (χ1v) is 9.91. The van der Waals surface area contributed by atoms with Crippen molar-refractivity contribution in [2.24, 2.45) is 4.99 Å². The van der Waals surface area contributed by atoms with Crippen LogP contribution >= 0.6 is 24.0 Å². The van der Waals surface area contributed by atoms with E-state index in [1.54, 1.807) is 7.05 Å². The molecule has 1 fully saturated rings. The maximum atomic E-state index is 13.7. The average Bonchev–Trinajstić information content (AvgIpc) is 2.73. The fourth-order valence-electron chi connectivity index (χ4n) is 3.52. The van der Waals surface area contributed by atoms with Gasteiger partial charge in [0.2, 0.25) is 0 Å². The van der Waals surface area contributed by atoms with Crippen LogP contribution in [0.25, 0.3) is 0 Å². The molecule has 8 heteroatoms. The largest absolute Gasteiger partial charge is 0.356 e. The van der Waals surface area contributed by atoms with Gasteiger partial charge >= 0.3 is 0 Å². The lowest BCUT2D eigenvalue weighted by Gasteiger charge is -2.33. The second-order valence-corrected chi connectivity index (χ2v) is 7.31. The Morgan fingerprint density at radius 2 is 1.70 bits per heavy atom. The summed E-state index contributed by atoms with van der Waals surface area (Å²) in [6, 6.07) is 10.4. The third-order valence-corrected chi connectivity index (χ3v) is 5.17. The molecule has 1 heterocycles. The van der Waals surface area contributed by atoms with Crippen LogP contribution in [0.2, 0.25) is 0 Å². The van der Waals surface area contributed by atoms with E-state index in [9.17, 15) is 13.2 Å². The van der Waals surface area contributed by atoms with Crippen LogP contribution in [0.4, 0.5) is 13.2 Å². The molecule has 2 aromatic carbocycles. The van der Waals surface area contributed by atoms with Crippen molar-refractivity contribution in [1.29, 1.82) is 0 Å². The zero-order valence-electron chi connectivity index (χ0n) is 17.0. The summed E-state index contributed by atoms with van der Waals surface area (Å²) in [5.74, 6) is -0.379. The van der Waals surface area contributed by atoms with Crippen molar-refractivity contribution in [3.8, 4) is 0 Å². The quantitative estimate of drug-likeness (QED) is 0.335. The number of nitrogens with zero attached hydrogens (tertiary/aromatic N) is 2. The highest BCUT2D eigenvalue weighted by atomic mass is 127. The van der Waals surface area contributed by atoms with E-state index >= 15 is 0 Å². The molecule has 0 saturated carbocycles. The van der Waals surface area contributed by atoms with Crippen LogP contribution in [-0.2, 0) is 13.0 Å². The molecule has 0 bridgehead atoms. The third kappa shape index (κ3) is 7.46. The van der Waals surface area contributed by atoms with Crippen LogP contribution in [0.15, 0.2) is 47.5 Å². The standard InChI is InChI=1S/C22H27F3N4.HI/c1-26-22(27-11-8-17-14-19(24)6-7-21(17)25)28-20-9-12-29(13-10-20)15-16-2-4-18(23)5-3-16;/h2-7,14,20H,8-13,15H2,1H3,(H2,26,27,28);1H. The average molecular weight is 532 g/mol. The van der Waals surface area contributed by atoms with Gasteiger partial charge in [0, 0.05) is 39.3 Å². The van der Waals surface area contributed by atoms with E-state index in [4.69, 9.17) is 0 Å². The van der Waals surface area contributed by atoms with E-state index in [0.717, 1.165) is 50.2 Å². The number of hydrogen-bond acceptors (Lipinski definition) is 2. The number of hydrogen-bond donors (Lipinski definition) is 2. The van der Waals surface area contributed by atoms with Crippen molar-refractivity contribution < 1.29 is 13.2 Å². The summed E-state index contributed by atoms with van der Waals surface area (Å²) in [5, 5.41) is 6.57. The number of halogens is 4. The lowest BCUT2D eigenvalue weighted by Crippen LogP contribution is -2.48. The molecule has 0 aromatic heterocycles. The minimum atomic E-state index is -0.434. The van der Waals surface area contributed by atoms with Crippen LogP contribution < -0.4 is 10.6 Å². The van der Waals surface area contributed by atoms with E-state index in [1.807, 2.05) is 12.1 Å². The van der Waals surface area contributed by atoms with E-state index in [1.165, 1.54) is 18.2 Å². The highest BCUT2D eigenvalue weighted by Gasteiger charge is 2.20. The molecule has 1 aliphatic heterocycles. The molecule has 2 aromatic rings. The SMILES string of the molecule is CN=C(NCCc1cc(F)ccc1F)NC1CCN(Cc2ccc(F)cc2)CC1.I. The first-order chi connectivity index (χ1) is 14.0. The molecular formula is C22H28F3IN4. The molecule has 0 unspecified atom stereocenters. The Morgan fingerprint density at radius 3 is 2.37 bits per heavy atom. The molecule has 4 nitrogen and oxygen atoms in total. The predicted octanol–water partition coefficient (Wildman–Crippen LogP) is 4.09. The first-order valence-electron chi connectivity index (χ1n) is 9.91. The fraction of sp³-hybridized carbons (Fsp3) is 0.409. The van der Waals surface area contributed by atoms with Crippen molar-refractivity contribution in [3.63, 3.8) is 0 Å². The number of benzene rings is 2. The van der Waals surface area contributed by atoms with Crippen LogP contribution in [0.3, 0.4) is 0 Å². The van der Waals surface area contributed by atoms with Crippen molar-refractivity contribution in [2.75, 3.05) is 26.7 Å². The van der Waals surface area contributed by atoms with Gasteiger partial charge in [0.05, 0.1) is 0 Å². The second-order valence-electron chi connectivity index (χ2n) is 7.31. The molecule has 1 saturated heterocycles. The Bertz CT molecular complexity index is 822. The van der Waals surface area contributed by atoms with E-state index < -0.39 is 11.6 Å². The summed E-state index contributed by atoms with van der Waals surface area (Å²) in [6.45, 7) is 3.17. The van der Waals surface area contributed by atoms with Gasteiger partial charge < -0.3 is 10.6 Å². The highest BCUT2D eigenvalue weighted by Crippen LogP contribution is 2.14. The molecule has 0 radical (unpaired) electrons. The predicted molar refractivity (Wildman–Crippen MR) is 125 cm³/mol. The molecule has 3 rings (SSSR count). The normalized spacial score (nSPS) is 15.5. The van der Waals surface area contributed by atoms with E-state index in [0.29, 0.717) is 30.5 Å².